The number of anilines is 1. The van der Waals surface area contributed by atoms with Gasteiger partial charge in [0.1, 0.15) is 30.0 Å². The molecule has 0 atom stereocenters. The number of aliphatic hydroxyl groups excluding tert-OH is 2. The van der Waals surface area contributed by atoms with Crippen LogP contribution in [0.1, 0.15) is 0 Å². The Balaban J connectivity index is 2.12. The first-order valence-corrected chi connectivity index (χ1v) is 9.65. The van der Waals surface area contributed by atoms with Gasteiger partial charge in [0, 0.05) is 35.7 Å². The van der Waals surface area contributed by atoms with Crippen LogP contribution in [0, 0.1) is 23.3 Å². The van der Waals surface area contributed by atoms with Gasteiger partial charge in [0.25, 0.3) is 5.56 Å². The van der Waals surface area contributed by atoms with E-state index in [1.54, 1.807) is 0 Å². The van der Waals surface area contributed by atoms with E-state index in [1.807, 2.05) is 0 Å². The number of hydrogen-bond acceptors (Lipinski definition) is 6. The van der Waals surface area contributed by atoms with Gasteiger partial charge in [0.2, 0.25) is 5.95 Å². The van der Waals surface area contributed by atoms with Gasteiger partial charge in [-0.05, 0) is 30.3 Å². The Hall–Kier alpha value is -3.83. The summed E-state index contributed by atoms with van der Waals surface area (Å²) in [5, 5.41) is 19.1. The maximum Gasteiger partial charge on any atom is 0.256 e. The molecule has 2 heterocycles. The van der Waals surface area contributed by atoms with Gasteiger partial charge in [0.05, 0.1) is 18.0 Å². The van der Waals surface area contributed by atoms with Gasteiger partial charge in [0.15, 0.2) is 5.65 Å². The summed E-state index contributed by atoms with van der Waals surface area (Å²) < 4.78 is 57.1. The monoisotopic (exact) mass is 460 g/mol. The van der Waals surface area contributed by atoms with E-state index in [0.717, 1.165) is 39.8 Å². The molecule has 4 aromatic rings. The zero-order chi connectivity index (χ0) is 23.7. The molecule has 2 N–H and O–H groups in total. The van der Waals surface area contributed by atoms with Crippen LogP contribution >= 0.6 is 0 Å². The van der Waals surface area contributed by atoms with Gasteiger partial charge < -0.3 is 15.1 Å². The van der Waals surface area contributed by atoms with E-state index in [-0.39, 0.29) is 40.5 Å². The first-order valence-electron chi connectivity index (χ1n) is 9.65. The summed E-state index contributed by atoms with van der Waals surface area (Å²) in [5.41, 5.74) is -1.43. The topological polar surface area (TPSA) is 91.5 Å². The van der Waals surface area contributed by atoms with Crippen LogP contribution in [0.3, 0.4) is 0 Å². The summed E-state index contributed by atoms with van der Waals surface area (Å²) in [6.45, 7) is -1.15. The quantitative estimate of drug-likeness (QED) is 0.340. The Kier molecular flexibility index (Phi) is 6.07. The molecule has 0 unspecified atom stereocenters. The number of pyridine rings is 1. The molecule has 2 aromatic heterocycles. The zero-order valence-corrected chi connectivity index (χ0v) is 16.8. The van der Waals surface area contributed by atoms with Crippen LogP contribution in [0.25, 0.3) is 28.0 Å². The SMILES string of the molecule is O=c1ccc2c(-c3ccc(F)cc3F)nc(N(CO)CCO)nc2n1-c1ccc(F)cc1F. The predicted octanol–water partition coefficient (Wildman–Crippen LogP) is 2.75. The molecule has 33 heavy (non-hydrogen) atoms. The fourth-order valence-corrected chi connectivity index (χ4v) is 3.38. The molecule has 0 aliphatic heterocycles. The lowest BCUT2D eigenvalue weighted by Crippen LogP contribution is -2.30. The molecule has 11 heteroatoms. The second-order valence-electron chi connectivity index (χ2n) is 6.96. The lowest BCUT2D eigenvalue weighted by Gasteiger charge is -2.21. The minimum Gasteiger partial charge on any atom is -0.395 e. The molecular weight excluding hydrogens is 444 g/mol. The molecule has 170 valence electrons. The number of rotatable bonds is 6. The number of aliphatic hydroxyl groups is 2. The van der Waals surface area contributed by atoms with Gasteiger partial charge in [-0.25, -0.2) is 22.5 Å². The lowest BCUT2D eigenvalue weighted by atomic mass is 10.1. The molecule has 4 rings (SSSR count). The van der Waals surface area contributed by atoms with Crippen molar-refractivity contribution < 1.29 is 27.8 Å². The third-order valence-electron chi connectivity index (χ3n) is 4.90. The van der Waals surface area contributed by atoms with Crippen molar-refractivity contribution in [1.29, 1.82) is 0 Å². The van der Waals surface area contributed by atoms with Crippen LogP contribution in [0.5, 0.6) is 0 Å². The molecular formula is C22H16F4N4O3. The van der Waals surface area contributed by atoms with Crippen molar-refractivity contribution in [3.63, 3.8) is 0 Å². The standard InChI is InChI=1S/C22H16F4N4O3/c23-12-1-3-14(16(25)9-12)20-15-4-6-19(33)30(18-5-2-13(24)10-17(18)26)21(15)28-22(27-20)29(11-32)7-8-31/h1-6,9-10,31-32H,7-8,11H2. The number of hydrogen-bond donors (Lipinski definition) is 2. The third kappa shape index (κ3) is 4.15. The largest absolute Gasteiger partial charge is 0.395 e. The van der Waals surface area contributed by atoms with E-state index >= 15 is 0 Å². The van der Waals surface area contributed by atoms with Crippen molar-refractivity contribution in [1.82, 2.24) is 14.5 Å². The lowest BCUT2D eigenvalue weighted by molar-refractivity contribution is 0.256. The molecule has 0 bridgehead atoms. The number of benzene rings is 2. The Labute approximate surface area is 183 Å². The minimum absolute atomic E-state index is 0.0693. The van der Waals surface area contributed by atoms with Gasteiger partial charge in [-0.3, -0.25) is 9.36 Å². The van der Waals surface area contributed by atoms with Gasteiger partial charge in [-0.2, -0.15) is 4.98 Å². The zero-order valence-electron chi connectivity index (χ0n) is 16.8. The Morgan fingerprint density at radius 3 is 2.21 bits per heavy atom. The fraction of sp³-hybridized carbons (Fsp3) is 0.136. The van der Waals surface area contributed by atoms with Crippen LogP contribution < -0.4 is 10.5 Å². The number of fused-ring (bicyclic) bond motifs is 1. The predicted molar refractivity (Wildman–Crippen MR) is 112 cm³/mol. The molecule has 2 aromatic carbocycles. The average Bonchev–Trinajstić information content (AvgIpc) is 2.77. The second kappa shape index (κ2) is 8.96. The summed E-state index contributed by atoms with van der Waals surface area (Å²) in [4.78, 5) is 22.4. The van der Waals surface area contributed by atoms with E-state index in [4.69, 9.17) is 0 Å². The molecule has 0 aliphatic rings. The Morgan fingerprint density at radius 1 is 0.879 bits per heavy atom. The number of nitrogens with zero attached hydrogens (tertiary/aromatic N) is 4. The Bertz CT molecular complexity index is 1410. The third-order valence-corrected chi connectivity index (χ3v) is 4.90. The highest BCUT2D eigenvalue weighted by atomic mass is 19.1. The van der Waals surface area contributed by atoms with Gasteiger partial charge in [-0.15, -0.1) is 0 Å². The summed E-state index contributed by atoms with van der Waals surface area (Å²) >= 11 is 0. The van der Waals surface area contributed by atoms with E-state index in [2.05, 4.69) is 9.97 Å². The smallest absolute Gasteiger partial charge is 0.256 e. The van der Waals surface area contributed by atoms with Crippen LogP contribution in [0.4, 0.5) is 23.5 Å². The molecule has 7 nitrogen and oxygen atoms in total. The van der Waals surface area contributed by atoms with Crippen molar-refractivity contribution in [2.75, 3.05) is 24.8 Å². The highest BCUT2D eigenvalue weighted by Crippen LogP contribution is 2.31. The summed E-state index contributed by atoms with van der Waals surface area (Å²) in [5.74, 6) is -3.89. The van der Waals surface area contributed by atoms with Crippen LogP contribution in [0.2, 0.25) is 0 Å². The second-order valence-corrected chi connectivity index (χ2v) is 6.96. The highest BCUT2D eigenvalue weighted by molar-refractivity contribution is 5.92. The summed E-state index contributed by atoms with van der Waals surface area (Å²) in [6.07, 6.45) is 0. The van der Waals surface area contributed by atoms with Crippen molar-refractivity contribution in [3.8, 4) is 16.9 Å². The maximum absolute atomic E-state index is 14.7. The molecule has 0 saturated heterocycles. The van der Waals surface area contributed by atoms with E-state index in [9.17, 15) is 32.6 Å². The molecule has 0 radical (unpaired) electrons. The van der Waals surface area contributed by atoms with Crippen molar-refractivity contribution in [2.45, 2.75) is 0 Å². The van der Waals surface area contributed by atoms with E-state index in [0.29, 0.717) is 12.1 Å². The van der Waals surface area contributed by atoms with E-state index in [1.165, 1.54) is 6.07 Å². The fourth-order valence-electron chi connectivity index (χ4n) is 3.38. The summed E-state index contributed by atoms with van der Waals surface area (Å²) in [6, 6.07) is 7.77. The normalized spacial score (nSPS) is 11.2. The van der Waals surface area contributed by atoms with Crippen molar-refractivity contribution in [2.24, 2.45) is 0 Å². The van der Waals surface area contributed by atoms with Crippen molar-refractivity contribution >= 4 is 17.0 Å². The van der Waals surface area contributed by atoms with Crippen LogP contribution in [-0.2, 0) is 0 Å². The first-order chi connectivity index (χ1) is 15.8. The van der Waals surface area contributed by atoms with E-state index < -0.39 is 42.2 Å². The molecule has 0 fully saturated rings. The molecule has 0 spiro atoms. The van der Waals surface area contributed by atoms with Crippen LogP contribution in [-0.4, -0.2) is 44.6 Å². The molecule has 0 saturated carbocycles. The maximum atomic E-state index is 14.7. The molecule has 0 amide bonds. The number of aromatic nitrogens is 3. The van der Waals surface area contributed by atoms with Gasteiger partial charge >= 0.3 is 0 Å². The van der Waals surface area contributed by atoms with Crippen molar-refractivity contribution in [3.05, 3.63) is 82.2 Å². The van der Waals surface area contributed by atoms with Gasteiger partial charge in [-0.1, -0.05) is 0 Å². The first kappa shape index (κ1) is 22.4. The molecule has 0 aliphatic carbocycles. The van der Waals surface area contributed by atoms with Crippen LogP contribution in [0.15, 0.2) is 53.3 Å². The number of halogens is 4. The average molecular weight is 460 g/mol. The highest BCUT2D eigenvalue weighted by Gasteiger charge is 2.21. The Morgan fingerprint density at radius 2 is 1.58 bits per heavy atom. The minimum atomic E-state index is -1.05. The summed E-state index contributed by atoms with van der Waals surface area (Å²) in [7, 11) is 0.